The second kappa shape index (κ2) is 5.86. The summed E-state index contributed by atoms with van der Waals surface area (Å²) in [5, 5.41) is 0. The maximum atomic E-state index is 12.0. The van der Waals surface area contributed by atoms with Gasteiger partial charge in [0.15, 0.2) is 0 Å². The molecule has 1 heterocycles. The summed E-state index contributed by atoms with van der Waals surface area (Å²) in [6, 6.07) is 15.3. The highest BCUT2D eigenvalue weighted by Crippen LogP contribution is 2.20. The molecule has 4 nitrogen and oxygen atoms in total. The van der Waals surface area contributed by atoms with Crippen molar-refractivity contribution in [1.29, 1.82) is 0 Å². The number of hydrogen-bond donors (Lipinski definition) is 1. The van der Waals surface area contributed by atoms with Gasteiger partial charge in [-0.05, 0) is 28.8 Å². The van der Waals surface area contributed by atoms with Crippen LogP contribution in [0.1, 0.15) is 27.0 Å². The number of amides is 1. The molecule has 1 N–H and O–H groups in total. The van der Waals surface area contributed by atoms with E-state index in [4.69, 9.17) is 9.57 Å². The molecule has 1 aliphatic heterocycles. The Morgan fingerprint density at radius 2 is 1.90 bits per heavy atom. The van der Waals surface area contributed by atoms with E-state index in [1.807, 2.05) is 42.5 Å². The van der Waals surface area contributed by atoms with Gasteiger partial charge in [0.2, 0.25) is 0 Å². The van der Waals surface area contributed by atoms with Crippen LogP contribution in [0.2, 0.25) is 0 Å². The first-order chi connectivity index (χ1) is 9.83. The van der Waals surface area contributed by atoms with Gasteiger partial charge >= 0.3 is 0 Å². The first kappa shape index (κ1) is 12.8. The van der Waals surface area contributed by atoms with Gasteiger partial charge < -0.3 is 4.74 Å². The van der Waals surface area contributed by atoms with Gasteiger partial charge in [-0.3, -0.25) is 9.63 Å². The molecule has 4 heteroatoms. The zero-order valence-corrected chi connectivity index (χ0v) is 11.0. The molecule has 3 rings (SSSR count). The second-order valence-electron chi connectivity index (χ2n) is 4.68. The maximum absolute atomic E-state index is 12.0. The highest BCUT2D eigenvalue weighted by Gasteiger charge is 2.14. The molecule has 1 aliphatic rings. The molecule has 0 saturated heterocycles. The number of ether oxygens (including phenoxy) is 1. The summed E-state index contributed by atoms with van der Waals surface area (Å²) in [5.41, 5.74) is 6.27. The number of benzene rings is 2. The molecule has 0 radical (unpaired) electrons. The summed E-state index contributed by atoms with van der Waals surface area (Å²) in [7, 11) is 0. The maximum Gasteiger partial charge on any atom is 0.274 e. The van der Waals surface area contributed by atoms with Crippen LogP contribution in [-0.4, -0.2) is 5.91 Å². The van der Waals surface area contributed by atoms with E-state index < -0.39 is 0 Å². The Bertz CT molecular complexity index is 610. The van der Waals surface area contributed by atoms with Crippen molar-refractivity contribution in [2.45, 2.75) is 19.8 Å². The van der Waals surface area contributed by atoms with E-state index in [2.05, 4.69) is 5.48 Å². The molecular weight excluding hydrogens is 254 g/mol. The van der Waals surface area contributed by atoms with Gasteiger partial charge in [0.1, 0.15) is 0 Å². The topological polar surface area (TPSA) is 47.6 Å². The monoisotopic (exact) mass is 269 g/mol. The molecule has 102 valence electrons. The van der Waals surface area contributed by atoms with E-state index >= 15 is 0 Å². The smallest absolute Gasteiger partial charge is 0.274 e. The summed E-state index contributed by atoms with van der Waals surface area (Å²) in [5.74, 6) is -0.240. The lowest BCUT2D eigenvalue weighted by Crippen LogP contribution is -2.23. The number of hydrogen-bond acceptors (Lipinski definition) is 3. The molecule has 0 fully saturated rings. The van der Waals surface area contributed by atoms with Gasteiger partial charge in [-0.25, -0.2) is 5.48 Å². The molecule has 1 amide bonds. The minimum atomic E-state index is -0.240. The fourth-order valence-electron chi connectivity index (χ4n) is 2.13. The molecule has 20 heavy (non-hydrogen) atoms. The van der Waals surface area contributed by atoms with Crippen LogP contribution in [0.15, 0.2) is 48.5 Å². The molecule has 0 atom stereocenters. The highest BCUT2D eigenvalue weighted by atomic mass is 16.6. The highest BCUT2D eigenvalue weighted by molar-refractivity contribution is 5.93. The number of carbonyl (C=O) groups excluding carboxylic acids is 1. The minimum Gasteiger partial charge on any atom is -0.372 e. The molecular formula is C16H15NO3. The van der Waals surface area contributed by atoms with Gasteiger partial charge in [0.05, 0.1) is 19.8 Å². The Kier molecular flexibility index (Phi) is 3.76. The fourth-order valence-corrected chi connectivity index (χ4v) is 2.13. The first-order valence-electron chi connectivity index (χ1n) is 6.48. The quantitative estimate of drug-likeness (QED) is 0.868. The Balaban J connectivity index is 1.57. The predicted molar refractivity (Wildman–Crippen MR) is 73.6 cm³/mol. The van der Waals surface area contributed by atoms with Gasteiger partial charge in [0, 0.05) is 5.56 Å². The molecule has 0 spiro atoms. The lowest BCUT2D eigenvalue weighted by atomic mass is 10.1. The standard InChI is InChI=1S/C16H15NO3/c18-16(17-20-9-12-4-2-1-3-5-12)13-6-7-14-10-19-11-15(14)8-13/h1-8H,9-11H2,(H,17,18). The summed E-state index contributed by atoms with van der Waals surface area (Å²) in [6.45, 7) is 1.55. The molecule has 0 aliphatic carbocycles. The number of rotatable bonds is 4. The number of hydroxylamine groups is 1. The van der Waals surface area contributed by atoms with Crippen LogP contribution in [0.5, 0.6) is 0 Å². The van der Waals surface area contributed by atoms with E-state index in [-0.39, 0.29) is 5.91 Å². The average molecular weight is 269 g/mol. The molecule has 0 bridgehead atoms. The van der Waals surface area contributed by atoms with Crippen molar-refractivity contribution in [3.05, 3.63) is 70.8 Å². The van der Waals surface area contributed by atoms with Crippen LogP contribution in [-0.2, 0) is 29.4 Å². The molecule has 0 aromatic heterocycles. The van der Waals surface area contributed by atoms with Crippen LogP contribution in [0.25, 0.3) is 0 Å². The van der Waals surface area contributed by atoms with E-state index in [1.54, 1.807) is 6.07 Å². The third-order valence-corrected chi connectivity index (χ3v) is 3.23. The Morgan fingerprint density at radius 1 is 1.10 bits per heavy atom. The molecule has 2 aromatic rings. The Hall–Kier alpha value is -2.17. The van der Waals surface area contributed by atoms with Crippen molar-refractivity contribution in [1.82, 2.24) is 5.48 Å². The third kappa shape index (κ3) is 2.87. The second-order valence-corrected chi connectivity index (χ2v) is 4.68. The van der Waals surface area contributed by atoms with Crippen LogP contribution in [0.3, 0.4) is 0 Å². The molecule has 2 aromatic carbocycles. The SMILES string of the molecule is O=C(NOCc1ccccc1)c1ccc2c(c1)COC2. The van der Waals surface area contributed by atoms with Gasteiger partial charge in [-0.15, -0.1) is 0 Å². The van der Waals surface area contributed by atoms with Crippen molar-refractivity contribution >= 4 is 5.91 Å². The van der Waals surface area contributed by atoms with Gasteiger partial charge in [0.25, 0.3) is 5.91 Å². The largest absolute Gasteiger partial charge is 0.372 e. The summed E-state index contributed by atoms with van der Waals surface area (Å²) in [6.07, 6.45) is 0. The first-order valence-corrected chi connectivity index (χ1v) is 6.48. The number of carbonyl (C=O) groups is 1. The molecule has 0 unspecified atom stereocenters. The lowest BCUT2D eigenvalue weighted by molar-refractivity contribution is 0.0233. The van der Waals surface area contributed by atoms with Crippen molar-refractivity contribution < 1.29 is 14.4 Å². The zero-order valence-electron chi connectivity index (χ0n) is 11.0. The summed E-state index contributed by atoms with van der Waals surface area (Å²) in [4.78, 5) is 17.2. The van der Waals surface area contributed by atoms with Crippen molar-refractivity contribution in [3.63, 3.8) is 0 Å². The normalized spacial score (nSPS) is 13.0. The molecule has 0 saturated carbocycles. The van der Waals surface area contributed by atoms with Gasteiger partial charge in [-0.1, -0.05) is 36.4 Å². The third-order valence-electron chi connectivity index (χ3n) is 3.23. The van der Waals surface area contributed by atoms with E-state index in [9.17, 15) is 4.79 Å². The van der Waals surface area contributed by atoms with E-state index in [0.717, 1.165) is 16.7 Å². The fraction of sp³-hybridized carbons (Fsp3) is 0.188. The van der Waals surface area contributed by atoms with Crippen LogP contribution < -0.4 is 5.48 Å². The van der Waals surface area contributed by atoms with Crippen molar-refractivity contribution in [2.24, 2.45) is 0 Å². The number of fused-ring (bicyclic) bond motifs is 1. The van der Waals surface area contributed by atoms with Gasteiger partial charge in [-0.2, -0.15) is 0 Å². The van der Waals surface area contributed by atoms with E-state index in [0.29, 0.717) is 25.4 Å². The average Bonchev–Trinajstić information content (AvgIpc) is 2.95. The predicted octanol–water partition coefficient (Wildman–Crippen LogP) is 2.58. The lowest BCUT2D eigenvalue weighted by Gasteiger charge is -2.07. The van der Waals surface area contributed by atoms with Crippen molar-refractivity contribution in [3.8, 4) is 0 Å². The zero-order chi connectivity index (χ0) is 13.8. The van der Waals surface area contributed by atoms with Crippen LogP contribution >= 0.6 is 0 Å². The Morgan fingerprint density at radius 3 is 2.75 bits per heavy atom. The Labute approximate surface area is 117 Å². The van der Waals surface area contributed by atoms with Crippen molar-refractivity contribution in [2.75, 3.05) is 0 Å². The number of nitrogens with one attached hydrogen (secondary N) is 1. The van der Waals surface area contributed by atoms with Crippen LogP contribution in [0.4, 0.5) is 0 Å². The summed E-state index contributed by atoms with van der Waals surface area (Å²) >= 11 is 0. The van der Waals surface area contributed by atoms with E-state index in [1.165, 1.54) is 0 Å². The minimum absolute atomic E-state index is 0.240. The summed E-state index contributed by atoms with van der Waals surface area (Å²) < 4.78 is 5.33. The van der Waals surface area contributed by atoms with Crippen LogP contribution in [0, 0.1) is 0 Å².